The Morgan fingerprint density at radius 2 is 1.33 bits per heavy atom. The van der Waals surface area contributed by atoms with E-state index < -0.39 is 0 Å². The van der Waals surface area contributed by atoms with Crippen molar-refractivity contribution in [2.45, 2.75) is 73.8 Å². The number of hydrogen-bond donors (Lipinski definition) is 0. The number of nitrogens with zero attached hydrogens (tertiary/aromatic N) is 1. The van der Waals surface area contributed by atoms with E-state index in [1.165, 1.54) is 0 Å². The zero-order valence-electron chi connectivity index (χ0n) is 13.9. The summed E-state index contributed by atoms with van der Waals surface area (Å²) in [6.45, 7) is 16.7. The first-order chi connectivity index (χ1) is 7.46. The molecule has 0 aliphatic rings. The molecule has 0 radical (unpaired) electrons. The second kappa shape index (κ2) is 8.54. The van der Waals surface area contributed by atoms with Crippen molar-refractivity contribution in [2.24, 2.45) is 17.3 Å². The minimum Gasteiger partial charge on any atom is -0.648 e. The van der Waals surface area contributed by atoms with Crippen LogP contribution in [0.4, 0.5) is 0 Å². The first-order valence-electron chi connectivity index (χ1n) is 6.73. The van der Waals surface area contributed by atoms with Gasteiger partial charge in [-0.3, -0.25) is 0 Å². The van der Waals surface area contributed by atoms with Crippen LogP contribution in [0.2, 0.25) is 0 Å². The van der Waals surface area contributed by atoms with Gasteiger partial charge in [0, 0.05) is 5.41 Å². The Balaban J connectivity index is 0. The first-order valence-corrected chi connectivity index (χ1v) is 6.73. The zero-order chi connectivity index (χ0) is 13.9. The molecule has 0 aliphatic carbocycles. The van der Waals surface area contributed by atoms with Gasteiger partial charge in [-0.1, -0.05) is 61.8 Å². The van der Waals surface area contributed by atoms with Crippen molar-refractivity contribution >= 4 is 5.91 Å². The molecular weight excluding hydrogens is 296 g/mol. The number of carbonyl (C=O) groups is 1. The zero-order valence-corrected chi connectivity index (χ0v) is 18.8. The third kappa shape index (κ3) is 9.22. The van der Waals surface area contributed by atoms with Gasteiger partial charge < -0.3 is 10.1 Å². The molecule has 102 valence electrons. The molecule has 0 spiro atoms. The minimum atomic E-state index is -0.331. The van der Waals surface area contributed by atoms with Gasteiger partial charge in [-0.15, -0.1) is 5.54 Å². The number of carbonyl (C=O) groups excluding carboxylic acids is 1. The van der Waals surface area contributed by atoms with E-state index in [1.807, 2.05) is 13.8 Å². The van der Waals surface area contributed by atoms with Crippen molar-refractivity contribution in [1.29, 1.82) is 0 Å². The monoisotopic (exact) mass is 325 g/mol. The maximum atomic E-state index is 12.2. The van der Waals surface area contributed by atoms with Gasteiger partial charge in [0.05, 0.1) is 5.91 Å². The Hall–Kier alpha value is 1.28. The van der Waals surface area contributed by atoms with Crippen LogP contribution in [0.3, 0.4) is 0 Å². The molecule has 0 bridgehead atoms. The van der Waals surface area contributed by atoms with Gasteiger partial charge in [0.2, 0.25) is 0 Å². The summed E-state index contributed by atoms with van der Waals surface area (Å²) in [5, 5.41) is 4.43. The number of hydrogen-bond acceptors (Lipinski definition) is 1. The third-order valence-corrected chi connectivity index (χ3v) is 2.81. The van der Waals surface area contributed by atoms with Crippen molar-refractivity contribution in [3.8, 4) is 0 Å². The van der Waals surface area contributed by atoms with Crippen LogP contribution in [0.1, 0.15) is 68.2 Å². The van der Waals surface area contributed by atoms with E-state index in [4.69, 9.17) is 0 Å². The molecule has 0 aliphatic heterocycles. The van der Waals surface area contributed by atoms with Crippen molar-refractivity contribution in [1.82, 2.24) is 0 Å². The van der Waals surface area contributed by atoms with E-state index in [0.717, 1.165) is 12.8 Å². The van der Waals surface area contributed by atoms with Crippen molar-refractivity contribution in [2.75, 3.05) is 0 Å². The molecule has 18 heavy (non-hydrogen) atoms. The summed E-state index contributed by atoms with van der Waals surface area (Å²) in [5.74, 6) is 1.14. The molecule has 0 atom stereocenters. The van der Waals surface area contributed by atoms with Gasteiger partial charge in [-0.05, 0) is 18.3 Å². The van der Waals surface area contributed by atoms with Crippen LogP contribution >= 0.6 is 0 Å². The minimum absolute atomic E-state index is 0. The van der Waals surface area contributed by atoms with Gasteiger partial charge >= 0.3 is 58.2 Å². The quantitative estimate of drug-likeness (QED) is 0.732. The Kier molecular flexibility index (Phi) is 10.2. The Labute approximate surface area is 163 Å². The molecule has 0 unspecified atom stereocenters. The van der Waals surface area contributed by atoms with Crippen LogP contribution < -0.4 is 58.2 Å². The molecule has 3 heteroatoms. The molecular formula is C15H30NORb. The average molecular weight is 326 g/mol. The molecule has 0 rings (SSSR count). The standard InChI is InChI=1S/C15H31NO.Rb/c1-11(2)9-14(5,6)13(17)16-15(7,8)10-12(3)4;/h11-12H,9-10H2,1-8H3,(H,16,17);/q;+1/p-1. The van der Waals surface area contributed by atoms with E-state index in [1.54, 1.807) is 0 Å². The average Bonchev–Trinajstić information content (AvgIpc) is 1.96. The Morgan fingerprint density at radius 1 is 0.944 bits per heavy atom. The summed E-state index contributed by atoms with van der Waals surface area (Å²) in [7, 11) is 0. The summed E-state index contributed by atoms with van der Waals surface area (Å²) in [6.07, 6.45) is 1.85. The van der Waals surface area contributed by atoms with Crippen LogP contribution in [0.25, 0.3) is 5.32 Å². The van der Waals surface area contributed by atoms with Gasteiger partial charge in [0.15, 0.2) is 0 Å². The molecule has 0 fully saturated rings. The number of amides is 1. The maximum absolute atomic E-state index is 12.2. The van der Waals surface area contributed by atoms with Crippen LogP contribution in [-0.4, -0.2) is 11.4 Å². The summed E-state index contributed by atoms with van der Waals surface area (Å²) < 4.78 is 0. The smallest absolute Gasteiger partial charge is 0.648 e. The van der Waals surface area contributed by atoms with E-state index in [0.29, 0.717) is 11.8 Å². The summed E-state index contributed by atoms with van der Waals surface area (Å²) in [6, 6.07) is 0. The van der Waals surface area contributed by atoms with E-state index >= 15 is 0 Å². The van der Waals surface area contributed by atoms with Gasteiger partial charge in [0.25, 0.3) is 0 Å². The summed E-state index contributed by atoms with van der Waals surface area (Å²) in [5.41, 5.74) is -0.568. The van der Waals surface area contributed by atoms with Crippen molar-refractivity contribution in [3.63, 3.8) is 0 Å². The third-order valence-electron chi connectivity index (χ3n) is 2.81. The molecule has 0 heterocycles. The predicted molar refractivity (Wildman–Crippen MR) is 75.1 cm³/mol. The fourth-order valence-electron chi connectivity index (χ4n) is 2.58. The molecule has 0 aromatic rings. The maximum Gasteiger partial charge on any atom is 1.00 e. The fourth-order valence-corrected chi connectivity index (χ4v) is 2.58. The second-order valence-electron chi connectivity index (χ2n) is 7.31. The Bertz CT molecular complexity index is 257. The second-order valence-corrected chi connectivity index (χ2v) is 7.31. The van der Waals surface area contributed by atoms with Crippen LogP contribution in [-0.2, 0) is 4.79 Å². The largest absolute Gasteiger partial charge is 1.00 e. The SMILES string of the molecule is CC(C)CC(C)(C)[N-]C(=O)C(C)(C)CC(C)C.[Rb+]. The molecule has 2 nitrogen and oxygen atoms in total. The molecule has 1 amide bonds. The Morgan fingerprint density at radius 3 is 1.67 bits per heavy atom. The normalized spacial score (nSPS) is 12.6. The van der Waals surface area contributed by atoms with Crippen molar-refractivity contribution in [3.05, 3.63) is 5.32 Å². The van der Waals surface area contributed by atoms with Crippen LogP contribution in [0.15, 0.2) is 0 Å². The summed E-state index contributed by atoms with van der Waals surface area (Å²) >= 11 is 0. The van der Waals surface area contributed by atoms with E-state index in [-0.39, 0.29) is 75.0 Å². The molecule has 0 saturated heterocycles. The number of rotatable bonds is 6. The van der Waals surface area contributed by atoms with Gasteiger partial charge in [-0.25, -0.2) is 0 Å². The first kappa shape index (κ1) is 21.6. The summed E-state index contributed by atoms with van der Waals surface area (Å²) in [4.78, 5) is 12.2. The molecule has 0 saturated carbocycles. The fraction of sp³-hybridized carbons (Fsp3) is 0.933. The predicted octanol–water partition coefficient (Wildman–Crippen LogP) is 1.79. The van der Waals surface area contributed by atoms with Gasteiger partial charge in [0.1, 0.15) is 0 Å². The van der Waals surface area contributed by atoms with Crippen LogP contribution in [0.5, 0.6) is 0 Å². The van der Waals surface area contributed by atoms with E-state index in [2.05, 4.69) is 46.9 Å². The van der Waals surface area contributed by atoms with Crippen LogP contribution in [0, 0.1) is 17.3 Å². The molecule has 0 aromatic carbocycles. The topological polar surface area (TPSA) is 31.2 Å². The molecule has 0 N–H and O–H groups in total. The van der Waals surface area contributed by atoms with Crippen molar-refractivity contribution < 1.29 is 63.0 Å². The molecule has 0 aromatic heterocycles. The van der Waals surface area contributed by atoms with Gasteiger partial charge in [-0.2, -0.15) is 0 Å². The van der Waals surface area contributed by atoms with E-state index in [9.17, 15) is 4.79 Å².